The molecule has 0 amide bonds. The summed E-state index contributed by atoms with van der Waals surface area (Å²) in [4.78, 5) is 17.6. The van der Waals surface area contributed by atoms with Crippen LogP contribution in [0.2, 0.25) is 0 Å². The predicted molar refractivity (Wildman–Crippen MR) is 505 cm³/mol. The molecule has 19 heteroatoms. The van der Waals surface area contributed by atoms with E-state index in [9.17, 15) is 13.2 Å². The number of aryl methyl sites for hydroxylation is 4. The quantitative estimate of drug-likeness (QED) is 0.0528. The molecule has 19 rings (SSSR count). The number of hydrogen-bond acceptors (Lipinski definition) is 12. The number of alkyl halides is 3. The van der Waals surface area contributed by atoms with Crippen LogP contribution in [0.15, 0.2) is 313 Å². The first kappa shape index (κ1) is 101. The van der Waals surface area contributed by atoms with E-state index in [1.807, 2.05) is 134 Å². The molecule has 0 saturated carbocycles. The second-order valence-electron chi connectivity index (χ2n) is 32.4. The molecule has 674 valence electrons. The van der Waals surface area contributed by atoms with E-state index >= 15 is 0 Å². The maximum Gasteiger partial charge on any atom is 0.416 e. The van der Waals surface area contributed by atoms with Crippen molar-refractivity contribution in [2.75, 3.05) is 13.2 Å². The van der Waals surface area contributed by atoms with Gasteiger partial charge in [0.05, 0.1) is 24.2 Å². The fourth-order valence-electron chi connectivity index (χ4n) is 16.0. The molecule has 1 unspecified atom stereocenters. The van der Waals surface area contributed by atoms with Gasteiger partial charge in [-0.05, 0) is 237 Å². The van der Waals surface area contributed by atoms with Crippen molar-refractivity contribution in [2.45, 2.75) is 133 Å². The Morgan fingerprint density at radius 2 is 0.710 bits per heavy atom. The summed E-state index contributed by atoms with van der Waals surface area (Å²) in [5.74, 6) is 3.11. The van der Waals surface area contributed by atoms with E-state index in [-0.39, 0.29) is 112 Å². The Morgan fingerprint density at radius 3 is 1.18 bits per heavy atom. The van der Waals surface area contributed by atoms with Crippen molar-refractivity contribution in [3.8, 4) is 147 Å². The average Bonchev–Trinajstić information content (AvgIpc) is 1.50. The van der Waals surface area contributed by atoms with Gasteiger partial charge in [0.25, 0.3) is 0 Å². The van der Waals surface area contributed by atoms with Gasteiger partial charge in [0, 0.05) is 116 Å². The Bertz CT molecular complexity index is 6440. The number of aromatic nitrogens is 8. The number of halogens is 3. The zero-order valence-corrected chi connectivity index (χ0v) is 82.3. The minimum absolute atomic E-state index is 0. The summed E-state index contributed by atoms with van der Waals surface area (Å²) in [7, 11) is 0. The van der Waals surface area contributed by atoms with Gasteiger partial charge >= 0.3 is 6.18 Å². The number of benzene rings is 11. The fraction of sp³-hybridized carbons (Fsp3) is 0.196. The summed E-state index contributed by atoms with van der Waals surface area (Å²) < 4.78 is 62.7. The summed E-state index contributed by atoms with van der Waals surface area (Å²) in [5, 5.41) is 16.4. The molecule has 2 aliphatic carbocycles. The first-order chi connectivity index (χ1) is 60.8. The van der Waals surface area contributed by atoms with Crippen LogP contribution in [0.4, 0.5) is 13.2 Å². The molecule has 0 bridgehead atoms. The molecule has 12 nitrogen and oxygen atoms in total. The smallest absolute Gasteiger partial charge is 0.416 e. The third-order valence-electron chi connectivity index (χ3n) is 22.7. The molecule has 0 saturated heterocycles. The summed E-state index contributed by atoms with van der Waals surface area (Å²) in [6, 6.07) is 105. The van der Waals surface area contributed by atoms with E-state index in [2.05, 4.69) is 248 Å². The Kier molecular flexibility index (Phi) is 35.5. The van der Waals surface area contributed by atoms with Crippen LogP contribution < -0.4 is 9.47 Å². The fourth-order valence-corrected chi connectivity index (χ4v) is 16.0. The van der Waals surface area contributed by atoms with Crippen LogP contribution in [0.25, 0.3) is 135 Å². The van der Waals surface area contributed by atoms with Crippen LogP contribution in [0.5, 0.6) is 11.5 Å². The number of nitrogens with zero attached hydrogens (tertiary/aromatic N) is 8. The van der Waals surface area contributed by atoms with Crippen LogP contribution in [-0.4, -0.2) is 53.5 Å². The Labute approximate surface area is 821 Å². The molecule has 17 aromatic rings. The van der Waals surface area contributed by atoms with Crippen molar-refractivity contribution in [3.63, 3.8) is 0 Å². The Morgan fingerprint density at radius 1 is 0.328 bits per heavy atom. The summed E-state index contributed by atoms with van der Waals surface area (Å²) in [5.41, 5.74) is 30.5. The normalized spacial score (nSPS) is 12.2. The SMILES string of the molecule is C.C.CC(C)(C)c1ccc(-c2nnc(-c3cc[c-]c(-c4ccccn4)c3)o2)cc1.CCCCCOc1cc2c(cc1OCCCCC)C1(c3ccccc3-c3cc(-c4cc[c-]c(-c5ccccn5)c4)ccc31)c1cc(C)c(C)cc1-2.Cc1ccc(C)c(-c2cc[c-]c(-c3ccccn3)c2)c1.FC(F)(F)c1ccc(-c2nnc(-c3cc[c-]c(-c4ccccn4)c3)o2)cc1.[Ir].[Ir].[Ir].[Ir]. The van der Waals surface area contributed by atoms with Gasteiger partial charge in [-0.2, -0.15) is 13.2 Å². The molecule has 1 spiro atoms. The van der Waals surface area contributed by atoms with Crippen LogP contribution in [-0.2, 0) is 97.4 Å². The molecule has 0 aliphatic heterocycles. The van der Waals surface area contributed by atoms with E-state index < -0.39 is 17.2 Å². The number of fused-ring (bicyclic) bond motifs is 10. The van der Waals surface area contributed by atoms with Crippen molar-refractivity contribution >= 4 is 0 Å². The predicted octanol–water partition coefficient (Wildman–Crippen LogP) is 29.3. The average molecular weight is 2450 g/mol. The second-order valence-corrected chi connectivity index (χ2v) is 32.4. The zero-order chi connectivity index (χ0) is 86.6. The molecule has 2 aliphatic rings. The summed E-state index contributed by atoms with van der Waals surface area (Å²) >= 11 is 0. The minimum Gasteiger partial charge on any atom is -0.490 e. The van der Waals surface area contributed by atoms with Crippen LogP contribution in [0.1, 0.15) is 144 Å². The Hall–Kier alpha value is -11.7. The molecule has 0 fully saturated rings. The largest absolute Gasteiger partial charge is 0.490 e. The van der Waals surface area contributed by atoms with E-state index in [0.29, 0.717) is 36.1 Å². The maximum absolute atomic E-state index is 12.7. The van der Waals surface area contributed by atoms with Gasteiger partial charge in [-0.15, -0.1) is 151 Å². The van der Waals surface area contributed by atoms with Crippen LogP contribution >= 0.6 is 0 Å². The number of pyridine rings is 4. The van der Waals surface area contributed by atoms with Crippen molar-refractivity contribution < 1.29 is 112 Å². The van der Waals surface area contributed by atoms with Crippen molar-refractivity contribution in [1.82, 2.24) is 40.3 Å². The topological polar surface area (TPSA) is 148 Å². The summed E-state index contributed by atoms with van der Waals surface area (Å²) in [6.45, 7) is 21.2. The van der Waals surface area contributed by atoms with Gasteiger partial charge < -0.3 is 38.2 Å². The number of ether oxygens (including phenoxy) is 2. The van der Waals surface area contributed by atoms with Crippen molar-refractivity contribution in [1.29, 1.82) is 0 Å². The third-order valence-corrected chi connectivity index (χ3v) is 22.7. The number of rotatable bonds is 20. The standard InChI is InChI=1S/C48H46NO2.C23H20N3O.C20H11F3N3O.C19H16N.2CH4.4Ir/c1-5-7-13-24-50-46-30-40-38-26-32(3)33(4)27-43(38)48(44(40)31-47(46)51-25-14-8-6-2)41-19-10-9-18-37(41)39-29-35(21-22-42(39)48)34-16-15-17-36(28-34)45-20-11-12-23-49-45;1-23(2,3)19-12-10-16(11-13-19)21-25-26-22(27-21)18-8-6-7-17(15-18)20-9-4-5-14-24-20;21-20(22,23)16-9-7-13(8-10-16)18-25-26-19(27-18)15-5-3-4-14(12-15)17-6-1-2-11-24-17;1-14-9-10-15(2)18(12-14)16-6-5-7-17(13-16)19-8-3-4-11-20-19;;;;;;/h9-12,15-16,18-23,26-31H,5-8,13-14,24-25H2,1-4H3;4-6,8-15H,1-3H3;1-3,5-12H;3-6,8-13H,1-2H3;2*1H4;;;;/q4*-1;;;;;;. The minimum atomic E-state index is -4.39. The van der Waals surface area contributed by atoms with E-state index in [1.54, 1.807) is 24.5 Å². The van der Waals surface area contributed by atoms with Gasteiger partial charge in [0.2, 0.25) is 23.6 Å². The molecule has 4 radical (unpaired) electrons. The first-order valence-electron chi connectivity index (χ1n) is 42.4. The van der Waals surface area contributed by atoms with Crippen molar-refractivity contribution in [2.24, 2.45) is 0 Å². The molecule has 1 atom stereocenters. The van der Waals surface area contributed by atoms with Crippen molar-refractivity contribution in [3.05, 3.63) is 384 Å². The number of hydrogen-bond donors (Lipinski definition) is 0. The van der Waals surface area contributed by atoms with Gasteiger partial charge in [0.15, 0.2) is 11.5 Å². The van der Waals surface area contributed by atoms with Gasteiger partial charge in [-0.25, -0.2) is 0 Å². The monoisotopic (exact) mass is 2450 g/mol. The maximum atomic E-state index is 12.7. The molecule has 6 aromatic heterocycles. The van der Waals surface area contributed by atoms with Crippen LogP contribution in [0.3, 0.4) is 0 Å². The zero-order valence-electron chi connectivity index (χ0n) is 72.7. The molecule has 0 N–H and O–H groups in total. The molecule has 11 aromatic carbocycles. The Balaban J connectivity index is 0.000000191. The molecular weight excluding hydrogens is 2350 g/mol. The van der Waals surface area contributed by atoms with Crippen LogP contribution in [0, 0.1) is 52.0 Å². The van der Waals surface area contributed by atoms with Gasteiger partial charge in [-0.1, -0.05) is 208 Å². The van der Waals surface area contributed by atoms with Gasteiger partial charge in [-0.3, -0.25) is 0 Å². The second kappa shape index (κ2) is 45.9. The summed E-state index contributed by atoms with van der Waals surface area (Å²) in [6.07, 6.45) is 9.41. The first-order valence-corrected chi connectivity index (χ1v) is 42.4. The van der Waals surface area contributed by atoms with E-state index in [4.69, 9.17) is 18.3 Å². The molecule has 131 heavy (non-hydrogen) atoms. The van der Waals surface area contributed by atoms with E-state index in [0.717, 1.165) is 124 Å². The molecular formula is C112H101F3Ir4N8O4-4. The third kappa shape index (κ3) is 23.1. The number of unbranched alkanes of at least 4 members (excludes halogenated alkanes) is 4. The molecule has 6 heterocycles. The van der Waals surface area contributed by atoms with Gasteiger partial charge in [0.1, 0.15) is 0 Å². The van der Waals surface area contributed by atoms with E-state index in [1.165, 1.54) is 101 Å².